The second kappa shape index (κ2) is 6.77. The lowest BCUT2D eigenvalue weighted by atomic mass is 9.51. The Morgan fingerprint density at radius 1 is 0.679 bits per heavy atom. The van der Waals surface area contributed by atoms with Crippen molar-refractivity contribution in [3.05, 3.63) is 23.3 Å². The van der Waals surface area contributed by atoms with Gasteiger partial charge in [-0.2, -0.15) is 0 Å². The molecule has 0 spiro atoms. The van der Waals surface area contributed by atoms with Crippen molar-refractivity contribution < 1.29 is 9.59 Å². The van der Waals surface area contributed by atoms with E-state index in [0.717, 1.165) is 25.7 Å². The number of hydrogen-bond acceptors (Lipinski definition) is 2. The summed E-state index contributed by atoms with van der Waals surface area (Å²) in [5.41, 5.74) is 0.914. The van der Waals surface area contributed by atoms with Crippen LogP contribution in [0.5, 0.6) is 0 Å². The van der Waals surface area contributed by atoms with E-state index in [2.05, 4.69) is 65.2 Å². The van der Waals surface area contributed by atoms with Crippen LogP contribution < -0.4 is 0 Å². The minimum Gasteiger partial charge on any atom is -0.293 e. The molecule has 0 aromatic rings. The Kier molecular flexibility index (Phi) is 5.00. The van der Waals surface area contributed by atoms with Crippen LogP contribution in [-0.2, 0) is 9.59 Å². The molecule has 0 aliphatic heterocycles. The Hall–Kier alpha value is -2.06. The lowest BCUT2D eigenvalue weighted by Crippen LogP contribution is -2.45. The zero-order chi connectivity index (χ0) is 20.8. The number of carbonyl (C=O) groups is 2. The van der Waals surface area contributed by atoms with Gasteiger partial charge in [-0.3, -0.25) is 9.59 Å². The second-order valence-corrected chi connectivity index (χ2v) is 10.8. The Bertz CT molecular complexity index is 828. The van der Waals surface area contributed by atoms with Gasteiger partial charge in [0.1, 0.15) is 0 Å². The molecule has 0 saturated heterocycles. The smallest absolute Gasteiger partial charge is 0.171 e. The van der Waals surface area contributed by atoms with E-state index in [9.17, 15) is 9.59 Å². The van der Waals surface area contributed by atoms with Crippen LogP contribution in [0.1, 0.15) is 80.1 Å². The highest BCUT2D eigenvalue weighted by Gasteiger charge is 2.51. The van der Waals surface area contributed by atoms with Gasteiger partial charge in [0.15, 0.2) is 11.6 Å². The van der Waals surface area contributed by atoms with E-state index in [1.807, 2.05) is 12.2 Å². The number of carbonyl (C=O) groups excluding carboxylic acids is 2. The molecular formula is C26H32O2. The Morgan fingerprint density at radius 3 is 1.32 bits per heavy atom. The first-order valence-corrected chi connectivity index (χ1v) is 10.4. The molecule has 1 saturated carbocycles. The SMILES string of the molecule is CC1(C)CC=C(C#C[C@@]2(C)CC[C@@]2(C)C#CC2=CCC(C)(C)CC2=O)C(=O)C1. The molecule has 2 nitrogen and oxygen atoms in total. The van der Waals surface area contributed by atoms with Gasteiger partial charge in [0.05, 0.1) is 11.1 Å². The van der Waals surface area contributed by atoms with Gasteiger partial charge in [-0.05, 0) is 50.4 Å². The molecule has 0 aromatic heterocycles. The molecule has 3 aliphatic carbocycles. The largest absolute Gasteiger partial charge is 0.293 e. The van der Waals surface area contributed by atoms with E-state index in [1.165, 1.54) is 0 Å². The number of hydrogen-bond donors (Lipinski definition) is 0. The normalized spacial score (nSPS) is 33.4. The summed E-state index contributed by atoms with van der Waals surface area (Å²) >= 11 is 0. The molecule has 0 N–H and O–H groups in total. The van der Waals surface area contributed by atoms with Gasteiger partial charge in [0.2, 0.25) is 0 Å². The zero-order valence-corrected chi connectivity index (χ0v) is 18.2. The maximum atomic E-state index is 12.4. The molecule has 148 valence electrons. The quantitative estimate of drug-likeness (QED) is 0.528. The average Bonchev–Trinajstić information content (AvgIpc) is 2.57. The highest BCUT2D eigenvalue weighted by molar-refractivity contribution is 6.01. The molecule has 3 rings (SSSR count). The Morgan fingerprint density at radius 2 is 1.04 bits per heavy atom. The molecule has 28 heavy (non-hydrogen) atoms. The summed E-state index contributed by atoms with van der Waals surface area (Å²) < 4.78 is 0. The predicted molar refractivity (Wildman–Crippen MR) is 113 cm³/mol. The molecular weight excluding hydrogens is 344 g/mol. The predicted octanol–water partition coefficient (Wildman–Crippen LogP) is 5.43. The van der Waals surface area contributed by atoms with Gasteiger partial charge in [-0.25, -0.2) is 0 Å². The molecule has 2 atom stereocenters. The first-order valence-electron chi connectivity index (χ1n) is 10.4. The van der Waals surface area contributed by atoms with Crippen molar-refractivity contribution in [2.75, 3.05) is 0 Å². The van der Waals surface area contributed by atoms with Gasteiger partial charge < -0.3 is 0 Å². The van der Waals surface area contributed by atoms with Crippen LogP contribution in [0.4, 0.5) is 0 Å². The highest BCUT2D eigenvalue weighted by atomic mass is 16.1. The fourth-order valence-corrected chi connectivity index (χ4v) is 4.12. The average molecular weight is 377 g/mol. The van der Waals surface area contributed by atoms with Crippen molar-refractivity contribution in [1.29, 1.82) is 0 Å². The fraction of sp³-hybridized carbons (Fsp3) is 0.615. The van der Waals surface area contributed by atoms with Gasteiger partial charge in [0, 0.05) is 23.7 Å². The Balaban J connectivity index is 1.79. The van der Waals surface area contributed by atoms with E-state index < -0.39 is 0 Å². The minimum atomic E-state index is -0.244. The summed E-state index contributed by atoms with van der Waals surface area (Å²) in [7, 11) is 0. The van der Waals surface area contributed by atoms with Gasteiger partial charge in [0.25, 0.3) is 0 Å². The molecule has 2 heteroatoms. The van der Waals surface area contributed by atoms with E-state index in [0.29, 0.717) is 24.0 Å². The third-order valence-electron chi connectivity index (χ3n) is 6.89. The van der Waals surface area contributed by atoms with Crippen LogP contribution in [0, 0.1) is 45.3 Å². The molecule has 0 amide bonds. The van der Waals surface area contributed by atoms with Crippen LogP contribution >= 0.6 is 0 Å². The molecule has 1 fully saturated rings. The molecule has 0 bridgehead atoms. The summed E-state index contributed by atoms with van der Waals surface area (Å²) in [5.74, 6) is 13.4. The topological polar surface area (TPSA) is 34.1 Å². The molecule has 0 radical (unpaired) electrons. The van der Waals surface area contributed by atoms with Crippen LogP contribution in [0.2, 0.25) is 0 Å². The number of rotatable bonds is 0. The molecule has 0 heterocycles. The van der Waals surface area contributed by atoms with Crippen molar-refractivity contribution in [1.82, 2.24) is 0 Å². The van der Waals surface area contributed by atoms with Gasteiger partial charge in [-0.15, -0.1) is 0 Å². The number of ketones is 2. The van der Waals surface area contributed by atoms with Gasteiger partial charge in [-0.1, -0.05) is 63.5 Å². The van der Waals surface area contributed by atoms with Gasteiger partial charge >= 0.3 is 0 Å². The third kappa shape index (κ3) is 4.03. The van der Waals surface area contributed by atoms with E-state index in [-0.39, 0.29) is 33.2 Å². The molecule has 3 aliphatic rings. The monoisotopic (exact) mass is 376 g/mol. The van der Waals surface area contributed by atoms with Crippen LogP contribution in [0.15, 0.2) is 23.3 Å². The lowest BCUT2D eigenvalue weighted by Gasteiger charge is -2.49. The standard InChI is InChI=1S/C26H32O2/c1-23(2)11-7-19(21(27)17-23)9-13-25(5)15-16-26(25,6)14-10-20-8-12-24(3,4)18-22(20)28/h7-8H,11-12,15-18H2,1-6H3/t25-,26+. The zero-order valence-electron chi connectivity index (χ0n) is 18.2. The van der Waals surface area contributed by atoms with Crippen LogP contribution in [0.25, 0.3) is 0 Å². The highest BCUT2D eigenvalue weighted by Crippen LogP contribution is 2.56. The molecule has 0 aromatic carbocycles. The summed E-state index contributed by atoms with van der Waals surface area (Å²) in [6.45, 7) is 12.7. The van der Waals surface area contributed by atoms with Crippen molar-refractivity contribution in [3.63, 3.8) is 0 Å². The second-order valence-electron chi connectivity index (χ2n) is 10.8. The van der Waals surface area contributed by atoms with Crippen molar-refractivity contribution in [2.45, 2.75) is 80.1 Å². The van der Waals surface area contributed by atoms with E-state index in [4.69, 9.17) is 0 Å². The summed E-state index contributed by atoms with van der Waals surface area (Å²) in [4.78, 5) is 24.7. The molecule has 0 unspecified atom stereocenters. The van der Waals surface area contributed by atoms with Crippen LogP contribution in [0.3, 0.4) is 0 Å². The first-order chi connectivity index (χ1) is 12.8. The summed E-state index contributed by atoms with van der Waals surface area (Å²) in [5, 5.41) is 0. The first kappa shape index (κ1) is 20.7. The minimum absolute atomic E-state index is 0.0391. The summed E-state index contributed by atoms with van der Waals surface area (Å²) in [6.07, 6.45) is 8.85. The van der Waals surface area contributed by atoms with Crippen molar-refractivity contribution in [2.24, 2.45) is 21.7 Å². The van der Waals surface area contributed by atoms with E-state index in [1.54, 1.807) is 0 Å². The van der Waals surface area contributed by atoms with E-state index >= 15 is 0 Å². The van der Waals surface area contributed by atoms with Crippen LogP contribution in [-0.4, -0.2) is 11.6 Å². The third-order valence-corrected chi connectivity index (χ3v) is 6.89. The van der Waals surface area contributed by atoms with Crippen molar-refractivity contribution in [3.8, 4) is 23.7 Å². The maximum Gasteiger partial charge on any atom is 0.171 e. The number of allylic oxidation sites excluding steroid dienone is 4. The van der Waals surface area contributed by atoms with Crippen molar-refractivity contribution >= 4 is 11.6 Å². The lowest BCUT2D eigenvalue weighted by molar-refractivity contribution is -0.118. The fourth-order valence-electron chi connectivity index (χ4n) is 4.12. The Labute approximate surface area is 170 Å². The maximum absolute atomic E-state index is 12.4. The number of Topliss-reactive ketones (excluding diaryl/α,β-unsaturated/α-hetero) is 2. The summed E-state index contributed by atoms with van der Waals surface area (Å²) in [6, 6.07) is 0.